The van der Waals surface area contributed by atoms with Crippen molar-refractivity contribution >= 4 is 11.7 Å². The predicted molar refractivity (Wildman–Crippen MR) is 79.8 cm³/mol. The van der Waals surface area contributed by atoms with E-state index in [4.69, 9.17) is 8.94 Å². The summed E-state index contributed by atoms with van der Waals surface area (Å²) in [7, 11) is 0. The summed E-state index contributed by atoms with van der Waals surface area (Å²) in [6.07, 6.45) is 6.79. The van der Waals surface area contributed by atoms with Crippen LogP contribution in [0.25, 0.3) is 0 Å². The van der Waals surface area contributed by atoms with Gasteiger partial charge in [-0.15, -0.1) is 0 Å². The number of nitrogens with zero attached hydrogens (tertiary/aromatic N) is 1. The van der Waals surface area contributed by atoms with Crippen LogP contribution in [-0.2, 0) is 6.42 Å². The summed E-state index contributed by atoms with van der Waals surface area (Å²) in [5, 5.41) is 9.92. The summed E-state index contributed by atoms with van der Waals surface area (Å²) < 4.78 is 10.8. The van der Waals surface area contributed by atoms with E-state index in [1.807, 2.05) is 13.0 Å². The molecule has 2 aromatic rings. The van der Waals surface area contributed by atoms with Crippen LogP contribution in [0.2, 0.25) is 0 Å². The normalized spacial score (nSPS) is 20.5. The van der Waals surface area contributed by atoms with Crippen LogP contribution in [0.15, 0.2) is 21.3 Å². The number of anilines is 1. The van der Waals surface area contributed by atoms with Gasteiger partial charge in [0, 0.05) is 17.9 Å². The summed E-state index contributed by atoms with van der Waals surface area (Å²) in [5.41, 5.74) is 2.54. The first-order chi connectivity index (χ1) is 10.7. The molecule has 116 valence electrons. The number of urea groups is 1. The number of carbonyl (C=O) groups is 1. The first-order valence-electron chi connectivity index (χ1n) is 7.82. The average Bonchev–Trinajstić information content (AvgIpc) is 3.11. The van der Waals surface area contributed by atoms with E-state index in [-0.39, 0.29) is 12.1 Å². The number of aryl methyl sites for hydroxylation is 2. The van der Waals surface area contributed by atoms with E-state index >= 15 is 0 Å². The standard InChI is InChI=1S/C16H19N3O3/c1-9-14(15(22-19-9)10-5-6-10)18-16(20)17-12-3-2-4-13-11(12)7-8-21-13/h7-8,10,12H,2-6H2,1H3,(H2,17,18,20)/t12-/m1/s1. The third kappa shape index (κ3) is 2.38. The molecule has 0 aromatic carbocycles. The topological polar surface area (TPSA) is 80.3 Å². The van der Waals surface area contributed by atoms with Gasteiger partial charge in [-0.25, -0.2) is 4.79 Å². The third-order valence-corrected chi connectivity index (χ3v) is 4.43. The monoisotopic (exact) mass is 301 g/mol. The Hall–Kier alpha value is -2.24. The maximum atomic E-state index is 12.3. The second kappa shape index (κ2) is 5.19. The minimum Gasteiger partial charge on any atom is -0.469 e. The molecule has 4 rings (SSSR count). The second-order valence-corrected chi connectivity index (χ2v) is 6.12. The van der Waals surface area contributed by atoms with Crippen LogP contribution in [-0.4, -0.2) is 11.2 Å². The lowest BCUT2D eigenvalue weighted by Crippen LogP contribution is -2.34. The molecule has 2 aromatic heterocycles. The smallest absolute Gasteiger partial charge is 0.319 e. The molecular formula is C16H19N3O3. The van der Waals surface area contributed by atoms with Crippen molar-refractivity contribution in [2.24, 2.45) is 0 Å². The van der Waals surface area contributed by atoms with Crippen LogP contribution in [0.5, 0.6) is 0 Å². The number of carbonyl (C=O) groups excluding carboxylic acids is 1. The van der Waals surface area contributed by atoms with Gasteiger partial charge in [-0.2, -0.15) is 0 Å². The quantitative estimate of drug-likeness (QED) is 0.906. The lowest BCUT2D eigenvalue weighted by Gasteiger charge is -2.22. The maximum Gasteiger partial charge on any atom is 0.319 e. The Bertz CT molecular complexity index is 699. The molecule has 2 aliphatic rings. The highest BCUT2D eigenvalue weighted by Crippen LogP contribution is 2.44. The SMILES string of the molecule is Cc1noc(C2CC2)c1NC(=O)N[C@@H]1CCCc2occc21. The van der Waals surface area contributed by atoms with Gasteiger partial charge >= 0.3 is 6.03 Å². The number of hydrogen-bond donors (Lipinski definition) is 2. The summed E-state index contributed by atoms with van der Waals surface area (Å²) >= 11 is 0. The highest BCUT2D eigenvalue weighted by Gasteiger charge is 2.32. The zero-order valence-corrected chi connectivity index (χ0v) is 12.5. The Labute approximate surface area is 128 Å². The zero-order chi connectivity index (χ0) is 15.1. The van der Waals surface area contributed by atoms with Gasteiger partial charge in [0.25, 0.3) is 0 Å². The van der Waals surface area contributed by atoms with Crippen molar-refractivity contribution in [2.45, 2.75) is 51.0 Å². The molecule has 0 bridgehead atoms. The van der Waals surface area contributed by atoms with E-state index in [9.17, 15) is 4.79 Å². The van der Waals surface area contributed by atoms with Crippen LogP contribution in [0.3, 0.4) is 0 Å². The van der Waals surface area contributed by atoms with Gasteiger partial charge in [-0.1, -0.05) is 5.16 Å². The van der Waals surface area contributed by atoms with Gasteiger partial charge in [0.2, 0.25) is 0 Å². The highest BCUT2D eigenvalue weighted by atomic mass is 16.5. The average molecular weight is 301 g/mol. The molecule has 0 radical (unpaired) electrons. The van der Waals surface area contributed by atoms with Gasteiger partial charge < -0.3 is 19.6 Å². The van der Waals surface area contributed by atoms with Crippen molar-refractivity contribution < 1.29 is 13.7 Å². The Balaban J connectivity index is 1.47. The summed E-state index contributed by atoms with van der Waals surface area (Å²) in [6.45, 7) is 1.85. The third-order valence-electron chi connectivity index (χ3n) is 4.43. The Kier molecular flexibility index (Phi) is 3.17. The van der Waals surface area contributed by atoms with E-state index in [0.717, 1.165) is 60.6 Å². The molecule has 6 nitrogen and oxygen atoms in total. The molecule has 1 atom stereocenters. The molecule has 2 amide bonds. The molecule has 22 heavy (non-hydrogen) atoms. The fraction of sp³-hybridized carbons (Fsp3) is 0.500. The number of fused-ring (bicyclic) bond motifs is 1. The van der Waals surface area contributed by atoms with Crippen molar-refractivity contribution in [3.63, 3.8) is 0 Å². The largest absolute Gasteiger partial charge is 0.469 e. The van der Waals surface area contributed by atoms with Gasteiger partial charge in [0.15, 0.2) is 5.76 Å². The number of rotatable bonds is 3. The fourth-order valence-electron chi connectivity index (χ4n) is 3.11. The number of amides is 2. The second-order valence-electron chi connectivity index (χ2n) is 6.12. The van der Waals surface area contributed by atoms with Crippen LogP contribution < -0.4 is 10.6 Å². The van der Waals surface area contributed by atoms with Crippen LogP contribution in [0.4, 0.5) is 10.5 Å². The number of hydrogen-bond acceptors (Lipinski definition) is 4. The van der Waals surface area contributed by atoms with Crippen molar-refractivity contribution in [2.75, 3.05) is 5.32 Å². The summed E-state index contributed by atoms with van der Waals surface area (Å²) in [4.78, 5) is 12.3. The first kappa shape index (κ1) is 13.4. The van der Waals surface area contributed by atoms with E-state index < -0.39 is 0 Å². The summed E-state index contributed by atoms with van der Waals surface area (Å²) in [6, 6.07) is 1.74. The Morgan fingerprint density at radius 2 is 2.23 bits per heavy atom. The van der Waals surface area contributed by atoms with Crippen LogP contribution >= 0.6 is 0 Å². The Morgan fingerprint density at radius 3 is 3.05 bits per heavy atom. The van der Waals surface area contributed by atoms with E-state index in [1.54, 1.807) is 6.26 Å². The van der Waals surface area contributed by atoms with Gasteiger partial charge in [0.05, 0.1) is 12.3 Å². The van der Waals surface area contributed by atoms with Crippen LogP contribution in [0, 0.1) is 6.92 Å². The van der Waals surface area contributed by atoms with Gasteiger partial charge in [-0.05, 0) is 38.7 Å². The van der Waals surface area contributed by atoms with Crippen molar-refractivity contribution in [3.05, 3.63) is 35.1 Å². The highest BCUT2D eigenvalue weighted by molar-refractivity contribution is 5.90. The Morgan fingerprint density at radius 1 is 1.36 bits per heavy atom. The number of nitrogens with one attached hydrogen (secondary N) is 2. The van der Waals surface area contributed by atoms with Gasteiger partial charge in [0.1, 0.15) is 17.1 Å². The van der Waals surface area contributed by atoms with Crippen molar-refractivity contribution in [1.29, 1.82) is 0 Å². The lowest BCUT2D eigenvalue weighted by atomic mass is 9.93. The molecule has 2 N–H and O–H groups in total. The molecule has 1 saturated carbocycles. The van der Waals surface area contributed by atoms with E-state index in [1.165, 1.54) is 0 Å². The van der Waals surface area contributed by atoms with E-state index in [0.29, 0.717) is 5.92 Å². The zero-order valence-electron chi connectivity index (χ0n) is 12.5. The maximum absolute atomic E-state index is 12.3. The molecule has 0 saturated heterocycles. The van der Waals surface area contributed by atoms with Crippen LogP contribution in [0.1, 0.15) is 60.4 Å². The number of aromatic nitrogens is 1. The molecule has 0 spiro atoms. The predicted octanol–water partition coefficient (Wildman–Crippen LogP) is 3.65. The fourth-order valence-corrected chi connectivity index (χ4v) is 3.11. The minimum absolute atomic E-state index is 0.00652. The molecule has 1 fully saturated rings. The first-order valence-corrected chi connectivity index (χ1v) is 7.82. The summed E-state index contributed by atoms with van der Waals surface area (Å²) in [5.74, 6) is 2.20. The molecule has 2 aliphatic carbocycles. The molecular weight excluding hydrogens is 282 g/mol. The van der Waals surface area contributed by atoms with E-state index in [2.05, 4.69) is 15.8 Å². The van der Waals surface area contributed by atoms with Crippen molar-refractivity contribution in [3.8, 4) is 0 Å². The molecule has 2 heterocycles. The van der Waals surface area contributed by atoms with Crippen molar-refractivity contribution in [1.82, 2.24) is 10.5 Å². The lowest BCUT2D eigenvalue weighted by molar-refractivity contribution is 0.246. The molecule has 0 unspecified atom stereocenters. The van der Waals surface area contributed by atoms with Gasteiger partial charge in [-0.3, -0.25) is 0 Å². The molecule has 6 heteroatoms. The number of furan rings is 1. The minimum atomic E-state index is -0.216. The molecule has 0 aliphatic heterocycles.